The van der Waals surface area contributed by atoms with Gasteiger partial charge in [-0.1, -0.05) is 29.7 Å². The molecule has 2 aromatic rings. The largest absolute Gasteiger partial charge is 0.490 e. The molecule has 2 atom stereocenters. The van der Waals surface area contributed by atoms with Crippen LogP contribution < -0.4 is 14.2 Å². The van der Waals surface area contributed by atoms with Crippen molar-refractivity contribution in [3.05, 3.63) is 51.5 Å². The molecule has 1 unspecified atom stereocenters. The van der Waals surface area contributed by atoms with Gasteiger partial charge in [0.05, 0.1) is 16.8 Å². The Bertz CT molecular complexity index is 917. The van der Waals surface area contributed by atoms with Crippen molar-refractivity contribution in [3.63, 3.8) is 0 Å². The first-order valence-electron chi connectivity index (χ1n) is 8.61. The first kappa shape index (κ1) is 20.4. The topological polar surface area (TPSA) is 65.0 Å². The minimum Gasteiger partial charge on any atom is -0.490 e. The predicted octanol–water partition coefficient (Wildman–Crippen LogP) is 4.90. The number of fused-ring (bicyclic) bond motifs is 1. The van der Waals surface area contributed by atoms with Crippen LogP contribution in [0.2, 0.25) is 5.02 Å². The molecule has 3 rings (SSSR count). The summed E-state index contributed by atoms with van der Waals surface area (Å²) in [7, 11) is 0. The summed E-state index contributed by atoms with van der Waals surface area (Å²) in [6.07, 6.45) is -0.311. The fraction of sp³-hybridized carbons (Fsp3) is 0.286. The molecule has 0 aliphatic carbocycles. The number of hydrogen-bond donors (Lipinski definition) is 1. The van der Waals surface area contributed by atoms with Crippen molar-refractivity contribution < 1.29 is 24.1 Å². The summed E-state index contributed by atoms with van der Waals surface area (Å²) in [6.45, 7) is 2.36. The molecule has 5 nitrogen and oxygen atoms in total. The molecule has 0 aromatic heterocycles. The van der Waals surface area contributed by atoms with E-state index >= 15 is 0 Å². The predicted molar refractivity (Wildman–Crippen MR) is 109 cm³/mol. The molecule has 0 saturated carbocycles. The summed E-state index contributed by atoms with van der Waals surface area (Å²) in [5.41, 5.74) is 0.842. The highest BCUT2D eigenvalue weighted by molar-refractivity contribution is 9.10. The lowest BCUT2D eigenvalue weighted by molar-refractivity contribution is -0.137. The van der Waals surface area contributed by atoms with Gasteiger partial charge in [-0.15, -0.1) is 5.92 Å². The normalized spacial score (nSPS) is 15.9. The summed E-state index contributed by atoms with van der Waals surface area (Å²) in [5.74, 6) is 6.35. The standard InChI is InChI=1S/C21H18BrClO5/c1-2-3-14(8-20(24)25)13-4-6-16(7-5-13)26-11-17-12-27-21-18(22)9-15(23)10-19(21)28-17/h4-7,9-10,14,17H,8,11-12H2,1H3,(H,24,25)/t14?,17-/m0/s1. The SMILES string of the molecule is CC#CC(CC(=O)O)c1ccc(OC[C@H]2COc3c(Br)cc(Cl)cc3O2)cc1. The second-order valence-electron chi connectivity index (χ2n) is 6.19. The number of aliphatic carboxylic acids is 1. The van der Waals surface area contributed by atoms with E-state index in [4.69, 9.17) is 30.9 Å². The van der Waals surface area contributed by atoms with Crippen LogP contribution in [-0.2, 0) is 4.79 Å². The van der Waals surface area contributed by atoms with Crippen molar-refractivity contribution in [2.75, 3.05) is 13.2 Å². The molecule has 7 heteroatoms. The maximum absolute atomic E-state index is 11.0. The van der Waals surface area contributed by atoms with Gasteiger partial charge < -0.3 is 19.3 Å². The third-order valence-electron chi connectivity index (χ3n) is 4.10. The molecule has 28 heavy (non-hydrogen) atoms. The lowest BCUT2D eigenvalue weighted by Crippen LogP contribution is -2.34. The van der Waals surface area contributed by atoms with Crippen LogP contribution in [0.1, 0.15) is 24.8 Å². The van der Waals surface area contributed by atoms with E-state index in [2.05, 4.69) is 27.8 Å². The van der Waals surface area contributed by atoms with E-state index in [0.29, 0.717) is 35.5 Å². The molecule has 1 aliphatic heterocycles. The fourth-order valence-corrected chi connectivity index (χ4v) is 3.72. The van der Waals surface area contributed by atoms with Gasteiger partial charge in [0.15, 0.2) is 17.6 Å². The zero-order chi connectivity index (χ0) is 20.1. The van der Waals surface area contributed by atoms with Crippen LogP contribution in [0, 0.1) is 11.8 Å². The molecular weight excluding hydrogens is 448 g/mol. The molecule has 1 heterocycles. The highest BCUT2D eigenvalue weighted by atomic mass is 79.9. The minimum absolute atomic E-state index is 0.0359. The molecule has 0 amide bonds. The van der Waals surface area contributed by atoms with E-state index in [9.17, 15) is 4.79 Å². The quantitative estimate of drug-likeness (QED) is 0.615. The second kappa shape index (κ2) is 9.22. The molecule has 0 radical (unpaired) electrons. The van der Waals surface area contributed by atoms with E-state index in [1.54, 1.807) is 31.2 Å². The van der Waals surface area contributed by atoms with E-state index in [1.165, 1.54) is 0 Å². The molecule has 1 N–H and O–H groups in total. The van der Waals surface area contributed by atoms with Crippen molar-refractivity contribution in [2.45, 2.75) is 25.4 Å². The van der Waals surface area contributed by atoms with Crippen LogP contribution >= 0.6 is 27.5 Å². The number of carboxylic acids is 1. The lowest BCUT2D eigenvalue weighted by atomic mass is 9.96. The monoisotopic (exact) mass is 464 g/mol. The Labute approximate surface area is 176 Å². The maximum atomic E-state index is 11.0. The highest BCUT2D eigenvalue weighted by Gasteiger charge is 2.24. The van der Waals surface area contributed by atoms with E-state index in [1.807, 2.05) is 12.1 Å². The number of carbonyl (C=O) groups is 1. The number of halogens is 2. The van der Waals surface area contributed by atoms with E-state index in [0.717, 1.165) is 10.0 Å². The van der Waals surface area contributed by atoms with E-state index in [-0.39, 0.29) is 18.4 Å². The second-order valence-corrected chi connectivity index (χ2v) is 7.48. The van der Waals surface area contributed by atoms with Crippen LogP contribution in [0.5, 0.6) is 17.2 Å². The smallest absolute Gasteiger partial charge is 0.304 e. The van der Waals surface area contributed by atoms with Crippen molar-refractivity contribution in [1.29, 1.82) is 0 Å². The molecular formula is C21H18BrClO5. The summed E-state index contributed by atoms with van der Waals surface area (Å²) in [4.78, 5) is 11.0. The number of benzene rings is 2. The summed E-state index contributed by atoms with van der Waals surface area (Å²) in [5, 5.41) is 9.58. The summed E-state index contributed by atoms with van der Waals surface area (Å²) in [6, 6.07) is 10.7. The Balaban J connectivity index is 1.60. The first-order valence-corrected chi connectivity index (χ1v) is 9.78. The Morgan fingerprint density at radius 1 is 1.39 bits per heavy atom. The molecule has 146 valence electrons. The minimum atomic E-state index is -0.880. The lowest BCUT2D eigenvalue weighted by Gasteiger charge is -2.27. The number of ether oxygens (including phenoxy) is 3. The van der Waals surface area contributed by atoms with Crippen molar-refractivity contribution >= 4 is 33.5 Å². The molecule has 0 saturated heterocycles. The third kappa shape index (κ3) is 5.12. The van der Waals surface area contributed by atoms with Gasteiger partial charge in [0, 0.05) is 11.1 Å². The van der Waals surface area contributed by atoms with Gasteiger partial charge in [-0.3, -0.25) is 4.79 Å². The van der Waals surface area contributed by atoms with Gasteiger partial charge in [0.2, 0.25) is 0 Å². The first-order chi connectivity index (χ1) is 13.5. The maximum Gasteiger partial charge on any atom is 0.304 e. The fourth-order valence-electron chi connectivity index (χ4n) is 2.82. The molecule has 0 spiro atoms. The zero-order valence-electron chi connectivity index (χ0n) is 15.1. The Morgan fingerprint density at radius 3 is 2.82 bits per heavy atom. The number of hydrogen-bond acceptors (Lipinski definition) is 4. The van der Waals surface area contributed by atoms with Crippen LogP contribution in [0.15, 0.2) is 40.9 Å². The van der Waals surface area contributed by atoms with Crippen molar-refractivity contribution in [1.82, 2.24) is 0 Å². The molecule has 0 fully saturated rings. The average molecular weight is 466 g/mol. The number of carboxylic acid groups (broad SMARTS) is 1. The van der Waals surface area contributed by atoms with Gasteiger partial charge in [0.25, 0.3) is 0 Å². The average Bonchev–Trinajstić information content (AvgIpc) is 2.65. The van der Waals surface area contributed by atoms with Crippen LogP contribution in [0.25, 0.3) is 0 Å². The summed E-state index contributed by atoms with van der Waals surface area (Å²) < 4.78 is 18.2. The van der Waals surface area contributed by atoms with Gasteiger partial charge in [-0.05, 0) is 46.6 Å². The van der Waals surface area contributed by atoms with E-state index < -0.39 is 5.97 Å². The summed E-state index contributed by atoms with van der Waals surface area (Å²) >= 11 is 9.46. The Kier molecular flexibility index (Phi) is 6.71. The van der Waals surface area contributed by atoms with Crippen LogP contribution in [-0.4, -0.2) is 30.4 Å². The zero-order valence-corrected chi connectivity index (χ0v) is 17.4. The van der Waals surface area contributed by atoms with Gasteiger partial charge in [-0.2, -0.15) is 0 Å². The molecule has 2 aromatic carbocycles. The highest BCUT2D eigenvalue weighted by Crippen LogP contribution is 2.41. The number of rotatable bonds is 6. The van der Waals surface area contributed by atoms with Gasteiger partial charge >= 0.3 is 5.97 Å². The van der Waals surface area contributed by atoms with Crippen LogP contribution in [0.4, 0.5) is 0 Å². The molecule has 1 aliphatic rings. The van der Waals surface area contributed by atoms with Crippen molar-refractivity contribution in [3.8, 4) is 29.1 Å². The van der Waals surface area contributed by atoms with Crippen LogP contribution in [0.3, 0.4) is 0 Å². The molecule has 0 bridgehead atoms. The van der Waals surface area contributed by atoms with Crippen molar-refractivity contribution in [2.24, 2.45) is 0 Å². The Hall–Kier alpha value is -2.36. The van der Waals surface area contributed by atoms with Gasteiger partial charge in [-0.25, -0.2) is 0 Å². The third-order valence-corrected chi connectivity index (χ3v) is 4.90. The van der Waals surface area contributed by atoms with Gasteiger partial charge in [0.1, 0.15) is 19.0 Å². The Morgan fingerprint density at radius 2 is 2.14 bits per heavy atom.